The lowest BCUT2D eigenvalue weighted by Gasteiger charge is -2.37. The number of methoxy groups -OCH3 is 1. The molecule has 1 N–H and O–H groups in total. The van der Waals surface area contributed by atoms with Crippen molar-refractivity contribution in [2.24, 2.45) is 0 Å². The van der Waals surface area contributed by atoms with Crippen molar-refractivity contribution in [2.75, 3.05) is 69.7 Å². The lowest BCUT2D eigenvalue weighted by molar-refractivity contribution is 0.0240. The number of hydrogen-bond donors (Lipinski definition) is 1. The van der Waals surface area contributed by atoms with Gasteiger partial charge in [-0.05, 0) is 64.9 Å². The summed E-state index contributed by atoms with van der Waals surface area (Å²) < 4.78 is 10.4. The Bertz CT molecular complexity index is 763. The van der Waals surface area contributed by atoms with Crippen LogP contribution in [0, 0.1) is 0 Å². The highest BCUT2D eigenvalue weighted by Gasteiger charge is 2.26. The maximum Gasteiger partial charge on any atom is 0.410 e. The summed E-state index contributed by atoms with van der Waals surface area (Å²) in [5, 5.41) is 3.46. The summed E-state index contributed by atoms with van der Waals surface area (Å²) in [5.41, 5.74) is 1.89. The van der Waals surface area contributed by atoms with E-state index in [1.165, 1.54) is 20.0 Å². The minimum Gasteiger partial charge on any atom is -0.465 e. The van der Waals surface area contributed by atoms with Crippen molar-refractivity contribution in [2.45, 2.75) is 39.2 Å². The Morgan fingerprint density at radius 3 is 2.29 bits per heavy atom. The Hall–Kier alpha value is -2.48. The van der Waals surface area contributed by atoms with E-state index in [1.54, 1.807) is 4.90 Å². The molecule has 0 aromatic heterocycles. The van der Waals surface area contributed by atoms with Gasteiger partial charge in [0, 0.05) is 50.6 Å². The molecule has 0 spiro atoms. The predicted molar refractivity (Wildman–Crippen MR) is 122 cm³/mol. The molecule has 0 saturated carbocycles. The smallest absolute Gasteiger partial charge is 0.410 e. The van der Waals surface area contributed by atoms with Crippen molar-refractivity contribution >= 4 is 23.4 Å². The third-order valence-electron chi connectivity index (χ3n) is 5.59. The van der Waals surface area contributed by atoms with E-state index in [0.717, 1.165) is 37.6 Å². The molecule has 8 nitrogen and oxygen atoms in total. The van der Waals surface area contributed by atoms with Crippen molar-refractivity contribution in [3.8, 4) is 0 Å². The van der Waals surface area contributed by atoms with Crippen LogP contribution in [0.4, 0.5) is 16.2 Å². The van der Waals surface area contributed by atoms with Crippen LogP contribution in [0.2, 0.25) is 0 Å². The first kappa shape index (κ1) is 23.2. The molecule has 1 aromatic carbocycles. The minimum atomic E-state index is -0.501. The zero-order valence-corrected chi connectivity index (χ0v) is 19.3. The molecule has 0 radical (unpaired) electrons. The monoisotopic (exact) mass is 432 g/mol. The van der Waals surface area contributed by atoms with Crippen LogP contribution in [0.5, 0.6) is 0 Å². The normalized spacial score (nSPS) is 17.5. The number of carbonyl (C=O) groups is 2. The number of benzene rings is 1. The summed E-state index contributed by atoms with van der Waals surface area (Å²) in [6, 6.07) is 5.77. The van der Waals surface area contributed by atoms with Gasteiger partial charge in [0.2, 0.25) is 0 Å². The van der Waals surface area contributed by atoms with E-state index in [-0.39, 0.29) is 12.1 Å². The average molecular weight is 433 g/mol. The molecule has 2 aliphatic rings. The van der Waals surface area contributed by atoms with Crippen LogP contribution in [0.25, 0.3) is 0 Å². The van der Waals surface area contributed by atoms with Gasteiger partial charge in [-0.15, -0.1) is 0 Å². The molecule has 172 valence electrons. The molecule has 0 bridgehead atoms. The van der Waals surface area contributed by atoms with Crippen LogP contribution in [0.1, 0.15) is 44.0 Å². The molecular formula is C23H36N4O4. The fourth-order valence-electron chi connectivity index (χ4n) is 3.97. The lowest BCUT2D eigenvalue weighted by Crippen LogP contribution is -2.50. The number of piperazine rings is 1. The Morgan fingerprint density at radius 1 is 1.00 bits per heavy atom. The van der Waals surface area contributed by atoms with Gasteiger partial charge in [-0.3, -0.25) is 0 Å². The van der Waals surface area contributed by atoms with Crippen LogP contribution in [0.3, 0.4) is 0 Å². The second kappa shape index (κ2) is 10.2. The van der Waals surface area contributed by atoms with Gasteiger partial charge in [-0.25, -0.2) is 9.59 Å². The zero-order chi connectivity index (χ0) is 22.4. The molecule has 1 aromatic rings. The number of rotatable bonds is 6. The molecule has 2 heterocycles. The topological polar surface area (TPSA) is 74.4 Å². The predicted octanol–water partition coefficient (Wildman–Crippen LogP) is 3.04. The van der Waals surface area contributed by atoms with E-state index in [1.807, 2.05) is 32.9 Å². The summed E-state index contributed by atoms with van der Waals surface area (Å²) in [4.78, 5) is 30.9. The van der Waals surface area contributed by atoms with Gasteiger partial charge in [-0.1, -0.05) is 0 Å². The first-order chi connectivity index (χ1) is 14.7. The van der Waals surface area contributed by atoms with Gasteiger partial charge in [0.05, 0.1) is 12.7 Å². The number of ether oxygens (including phenoxy) is 2. The van der Waals surface area contributed by atoms with E-state index in [4.69, 9.17) is 9.47 Å². The fourth-order valence-corrected chi connectivity index (χ4v) is 3.97. The van der Waals surface area contributed by atoms with Gasteiger partial charge in [0.25, 0.3) is 0 Å². The van der Waals surface area contributed by atoms with E-state index in [2.05, 4.69) is 21.2 Å². The maximum atomic E-state index is 12.3. The Morgan fingerprint density at radius 2 is 1.68 bits per heavy atom. The summed E-state index contributed by atoms with van der Waals surface area (Å²) in [7, 11) is 1.40. The molecule has 0 aliphatic carbocycles. The number of nitrogens with one attached hydrogen (secondary N) is 1. The van der Waals surface area contributed by atoms with Crippen molar-refractivity contribution in [3.05, 3.63) is 23.8 Å². The number of likely N-dealkylation sites (tertiary alicyclic amines) is 1. The third-order valence-corrected chi connectivity index (χ3v) is 5.59. The third kappa shape index (κ3) is 6.75. The van der Waals surface area contributed by atoms with Crippen LogP contribution < -0.4 is 10.2 Å². The van der Waals surface area contributed by atoms with Gasteiger partial charge in [-0.2, -0.15) is 0 Å². The van der Waals surface area contributed by atoms with Crippen LogP contribution in [-0.4, -0.2) is 86.9 Å². The van der Waals surface area contributed by atoms with Crippen LogP contribution in [0.15, 0.2) is 18.2 Å². The second-order valence-electron chi connectivity index (χ2n) is 9.19. The van der Waals surface area contributed by atoms with E-state index in [0.29, 0.717) is 31.7 Å². The Balaban J connectivity index is 1.64. The summed E-state index contributed by atoms with van der Waals surface area (Å²) in [6.45, 7) is 12.3. The molecule has 31 heavy (non-hydrogen) atoms. The van der Waals surface area contributed by atoms with Crippen LogP contribution in [-0.2, 0) is 9.47 Å². The Kier molecular flexibility index (Phi) is 7.64. The molecule has 3 rings (SSSR count). The zero-order valence-electron chi connectivity index (χ0n) is 19.3. The number of anilines is 2. The lowest BCUT2D eigenvalue weighted by atomic mass is 10.1. The first-order valence-electron chi connectivity index (χ1n) is 11.2. The maximum absolute atomic E-state index is 12.3. The van der Waals surface area contributed by atoms with E-state index in [9.17, 15) is 9.59 Å². The van der Waals surface area contributed by atoms with E-state index >= 15 is 0 Å². The SMILES string of the molecule is COC(=O)c1cc(NCCN2CCCC2)cc(N2CCN(C(=O)OC(C)(C)C)CC2)c1. The van der Waals surface area contributed by atoms with Crippen molar-refractivity contribution in [1.82, 2.24) is 9.80 Å². The minimum absolute atomic E-state index is 0.278. The highest BCUT2D eigenvalue weighted by Crippen LogP contribution is 2.25. The summed E-state index contributed by atoms with van der Waals surface area (Å²) in [6.07, 6.45) is 2.27. The van der Waals surface area contributed by atoms with E-state index < -0.39 is 5.60 Å². The molecule has 2 fully saturated rings. The number of amides is 1. The molecule has 0 unspecified atom stereocenters. The van der Waals surface area contributed by atoms with Gasteiger partial charge in [0.15, 0.2) is 0 Å². The van der Waals surface area contributed by atoms with Crippen LogP contribution >= 0.6 is 0 Å². The summed E-state index contributed by atoms with van der Waals surface area (Å²) >= 11 is 0. The highest BCUT2D eigenvalue weighted by atomic mass is 16.6. The van der Waals surface area contributed by atoms with Gasteiger partial charge in [0.1, 0.15) is 5.60 Å². The standard InChI is InChI=1S/C23H36N4O4/c1-23(2,3)31-22(29)27-13-11-26(12-14-27)20-16-18(21(28)30-4)15-19(17-20)24-7-10-25-8-5-6-9-25/h15-17,24H,5-14H2,1-4H3. The Labute approximate surface area is 185 Å². The molecule has 2 aliphatic heterocycles. The highest BCUT2D eigenvalue weighted by molar-refractivity contribution is 5.92. The molecule has 8 heteroatoms. The number of nitrogens with zero attached hydrogens (tertiary/aromatic N) is 3. The summed E-state index contributed by atoms with van der Waals surface area (Å²) in [5.74, 6) is -0.350. The molecule has 0 atom stereocenters. The quantitative estimate of drug-likeness (QED) is 0.693. The molecule has 1 amide bonds. The largest absolute Gasteiger partial charge is 0.465 e. The van der Waals surface area contributed by atoms with Crippen molar-refractivity contribution < 1.29 is 19.1 Å². The van der Waals surface area contributed by atoms with Crippen molar-refractivity contribution in [3.63, 3.8) is 0 Å². The molecular weight excluding hydrogens is 396 g/mol. The number of carbonyl (C=O) groups excluding carboxylic acids is 2. The molecule has 2 saturated heterocycles. The average Bonchev–Trinajstić information content (AvgIpc) is 3.25. The first-order valence-corrected chi connectivity index (χ1v) is 11.2. The second-order valence-corrected chi connectivity index (χ2v) is 9.19. The van der Waals surface area contributed by atoms with Gasteiger partial charge >= 0.3 is 12.1 Å². The van der Waals surface area contributed by atoms with Crippen molar-refractivity contribution in [1.29, 1.82) is 0 Å². The fraction of sp³-hybridized carbons (Fsp3) is 0.652. The number of esters is 1. The van der Waals surface area contributed by atoms with Gasteiger partial charge < -0.3 is 29.5 Å². The number of hydrogen-bond acceptors (Lipinski definition) is 7.